The summed E-state index contributed by atoms with van der Waals surface area (Å²) in [7, 11) is 0. The molecule has 2 rings (SSSR count). The Bertz CT molecular complexity index is 507. The molecule has 20 heavy (non-hydrogen) atoms. The standard InChI is InChI=1S/C18H20O2/c1-2-16(18(19)17-11-7-4-8-12-17)14-20-13-15-9-5-3-6-10-15/h2-12,16,18-19H,1,13-14H2. The molecule has 104 valence electrons. The zero-order chi connectivity index (χ0) is 14.2. The Hall–Kier alpha value is -1.90. The average Bonchev–Trinajstić information content (AvgIpc) is 2.53. The van der Waals surface area contributed by atoms with Crippen LogP contribution in [0, 0.1) is 5.92 Å². The van der Waals surface area contributed by atoms with Crippen LogP contribution in [-0.2, 0) is 11.3 Å². The van der Waals surface area contributed by atoms with Crippen molar-refractivity contribution >= 4 is 0 Å². The van der Waals surface area contributed by atoms with E-state index in [0.29, 0.717) is 13.2 Å². The van der Waals surface area contributed by atoms with Gasteiger partial charge in [-0.1, -0.05) is 66.7 Å². The summed E-state index contributed by atoms with van der Waals surface area (Å²) in [4.78, 5) is 0. The van der Waals surface area contributed by atoms with Crippen molar-refractivity contribution in [1.82, 2.24) is 0 Å². The number of hydrogen-bond donors (Lipinski definition) is 1. The maximum absolute atomic E-state index is 10.3. The average molecular weight is 268 g/mol. The van der Waals surface area contributed by atoms with Crippen molar-refractivity contribution in [2.45, 2.75) is 12.7 Å². The Morgan fingerprint density at radius 1 is 1.00 bits per heavy atom. The van der Waals surface area contributed by atoms with Gasteiger partial charge in [-0.2, -0.15) is 0 Å². The van der Waals surface area contributed by atoms with Crippen molar-refractivity contribution in [2.24, 2.45) is 5.92 Å². The van der Waals surface area contributed by atoms with Gasteiger partial charge in [0.1, 0.15) is 0 Å². The minimum absolute atomic E-state index is 0.110. The zero-order valence-electron chi connectivity index (χ0n) is 11.5. The second-order valence-electron chi connectivity index (χ2n) is 4.76. The van der Waals surface area contributed by atoms with Gasteiger partial charge in [0.15, 0.2) is 0 Å². The molecule has 2 unspecified atom stereocenters. The predicted molar refractivity (Wildman–Crippen MR) is 81.2 cm³/mol. The Labute approximate surface area is 120 Å². The predicted octanol–water partition coefficient (Wildman–Crippen LogP) is 3.74. The van der Waals surface area contributed by atoms with E-state index < -0.39 is 6.10 Å². The van der Waals surface area contributed by atoms with Gasteiger partial charge in [-0.05, 0) is 11.1 Å². The maximum Gasteiger partial charge on any atom is 0.0874 e. The highest BCUT2D eigenvalue weighted by atomic mass is 16.5. The highest BCUT2D eigenvalue weighted by molar-refractivity contribution is 5.19. The number of aliphatic hydroxyl groups excluding tert-OH is 1. The first-order valence-corrected chi connectivity index (χ1v) is 6.78. The molecule has 2 heteroatoms. The molecule has 0 fully saturated rings. The molecule has 2 aromatic carbocycles. The first kappa shape index (κ1) is 14.5. The topological polar surface area (TPSA) is 29.5 Å². The van der Waals surface area contributed by atoms with Crippen molar-refractivity contribution in [1.29, 1.82) is 0 Å². The number of aliphatic hydroxyl groups is 1. The van der Waals surface area contributed by atoms with Crippen LogP contribution in [0.4, 0.5) is 0 Å². The van der Waals surface area contributed by atoms with E-state index in [1.54, 1.807) is 6.08 Å². The third-order valence-corrected chi connectivity index (χ3v) is 3.27. The molecule has 0 saturated carbocycles. The molecule has 0 spiro atoms. The van der Waals surface area contributed by atoms with Gasteiger partial charge in [0.25, 0.3) is 0 Å². The van der Waals surface area contributed by atoms with Crippen LogP contribution in [0.2, 0.25) is 0 Å². The minimum Gasteiger partial charge on any atom is -0.388 e. The van der Waals surface area contributed by atoms with Gasteiger partial charge >= 0.3 is 0 Å². The van der Waals surface area contributed by atoms with Crippen LogP contribution in [0.5, 0.6) is 0 Å². The van der Waals surface area contributed by atoms with Crippen molar-refractivity contribution in [3.8, 4) is 0 Å². The molecule has 2 atom stereocenters. The van der Waals surface area contributed by atoms with Crippen LogP contribution in [-0.4, -0.2) is 11.7 Å². The van der Waals surface area contributed by atoms with Crippen molar-refractivity contribution in [2.75, 3.05) is 6.61 Å². The lowest BCUT2D eigenvalue weighted by molar-refractivity contribution is 0.0400. The van der Waals surface area contributed by atoms with Gasteiger partial charge in [0.05, 0.1) is 19.3 Å². The van der Waals surface area contributed by atoms with E-state index in [2.05, 4.69) is 6.58 Å². The Morgan fingerprint density at radius 3 is 2.20 bits per heavy atom. The summed E-state index contributed by atoms with van der Waals surface area (Å²) in [5.41, 5.74) is 2.02. The van der Waals surface area contributed by atoms with Crippen molar-refractivity contribution < 1.29 is 9.84 Å². The molecule has 0 radical (unpaired) electrons. The number of benzene rings is 2. The van der Waals surface area contributed by atoms with Crippen LogP contribution in [0.1, 0.15) is 17.2 Å². The summed E-state index contributed by atoms with van der Waals surface area (Å²) < 4.78 is 5.68. The molecule has 1 N–H and O–H groups in total. The Kier molecular flexibility index (Phi) is 5.54. The van der Waals surface area contributed by atoms with Gasteiger partial charge in [0.2, 0.25) is 0 Å². The molecule has 0 aliphatic heterocycles. The van der Waals surface area contributed by atoms with Gasteiger partial charge in [-0.15, -0.1) is 6.58 Å². The Balaban J connectivity index is 1.88. The zero-order valence-corrected chi connectivity index (χ0v) is 11.5. The second kappa shape index (κ2) is 7.63. The van der Waals surface area contributed by atoms with Crippen molar-refractivity contribution in [3.05, 3.63) is 84.4 Å². The first-order valence-electron chi connectivity index (χ1n) is 6.78. The summed E-state index contributed by atoms with van der Waals surface area (Å²) in [6.45, 7) is 4.79. The largest absolute Gasteiger partial charge is 0.388 e. The van der Waals surface area contributed by atoms with Gasteiger partial charge in [0, 0.05) is 5.92 Å². The number of rotatable bonds is 7. The monoisotopic (exact) mass is 268 g/mol. The molecule has 2 nitrogen and oxygen atoms in total. The fraction of sp³-hybridized carbons (Fsp3) is 0.222. The first-order chi connectivity index (χ1) is 9.81. The lowest BCUT2D eigenvalue weighted by Gasteiger charge is -2.20. The van der Waals surface area contributed by atoms with E-state index >= 15 is 0 Å². The van der Waals surface area contributed by atoms with Crippen molar-refractivity contribution in [3.63, 3.8) is 0 Å². The SMILES string of the molecule is C=CC(COCc1ccccc1)C(O)c1ccccc1. The van der Waals surface area contributed by atoms with E-state index in [1.807, 2.05) is 60.7 Å². The van der Waals surface area contributed by atoms with Gasteiger partial charge < -0.3 is 9.84 Å². The molecule has 0 amide bonds. The molecule has 0 aliphatic carbocycles. The lowest BCUT2D eigenvalue weighted by Crippen LogP contribution is -2.16. The molecule has 0 aromatic heterocycles. The normalized spacial score (nSPS) is 13.7. The van der Waals surface area contributed by atoms with Crippen LogP contribution in [0.3, 0.4) is 0 Å². The summed E-state index contributed by atoms with van der Waals surface area (Å²) in [6.07, 6.45) is 1.17. The van der Waals surface area contributed by atoms with Crippen LogP contribution >= 0.6 is 0 Å². The highest BCUT2D eigenvalue weighted by Gasteiger charge is 2.17. The summed E-state index contributed by atoms with van der Waals surface area (Å²) in [6, 6.07) is 19.6. The molecular weight excluding hydrogens is 248 g/mol. The molecule has 0 aliphatic rings. The number of ether oxygens (including phenoxy) is 1. The maximum atomic E-state index is 10.3. The third kappa shape index (κ3) is 4.05. The lowest BCUT2D eigenvalue weighted by atomic mass is 9.96. The fourth-order valence-electron chi connectivity index (χ4n) is 2.07. The molecule has 0 bridgehead atoms. The van der Waals surface area contributed by atoms with E-state index in [4.69, 9.17) is 4.74 Å². The molecule has 0 saturated heterocycles. The summed E-state index contributed by atoms with van der Waals surface area (Å²) >= 11 is 0. The van der Waals surface area contributed by atoms with Crippen LogP contribution in [0.15, 0.2) is 73.3 Å². The molecule has 2 aromatic rings. The van der Waals surface area contributed by atoms with Crippen LogP contribution in [0.25, 0.3) is 0 Å². The minimum atomic E-state index is -0.579. The van der Waals surface area contributed by atoms with E-state index in [-0.39, 0.29) is 5.92 Å². The van der Waals surface area contributed by atoms with Gasteiger partial charge in [-0.3, -0.25) is 0 Å². The molecular formula is C18H20O2. The van der Waals surface area contributed by atoms with E-state index in [9.17, 15) is 5.11 Å². The third-order valence-electron chi connectivity index (χ3n) is 3.27. The quantitative estimate of drug-likeness (QED) is 0.775. The van der Waals surface area contributed by atoms with Gasteiger partial charge in [-0.25, -0.2) is 0 Å². The second-order valence-corrected chi connectivity index (χ2v) is 4.76. The highest BCUT2D eigenvalue weighted by Crippen LogP contribution is 2.23. The Morgan fingerprint density at radius 2 is 1.60 bits per heavy atom. The fourth-order valence-corrected chi connectivity index (χ4v) is 2.07. The summed E-state index contributed by atoms with van der Waals surface area (Å²) in [5, 5.41) is 10.3. The summed E-state index contributed by atoms with van der Waals surface area (Å²) in [5.74, 6) is -0.110. The van der Waals surface area contributed by atoms with E-state index in [0.717, 1.165) is 11.1 Å². The van der Waals surface area contributed by atoms with E-state index in [1.165, 1.54) is 0 Å². The number of hydrogen-bond acceptors (Lipinski definition) is 2. The van der Waals surface area contributed by atoms with Crippen LogP contribution < -0.4 is 0 Å². The smallest absolute Gasteiger partial charge is 0.0874 e. The molecule has 0 heterocycles.